The minimum absolute atomic E-state index is 0.0479. The van der Waals surface area contributed by atoms with Gasteiger partial charge in [0.15, 0.2) is 0 Å². The Balaban J connectivity index is 0.000000190. The number of carbonyl (C=O) groups excluding carboxylic acids is 2. The van der Waals surface area contributed by atoms with Crippen molar-refractivity contribution in [3.05, 3.63) is 71.8 Å². The number of hydrogen-bond acceptors (Lipinski definition) is 8. The number of aliphatic hydroxyl groups excluding tert-OH is 1. The fourth-order valence-corrected chi connectivity index (χ4v) is 4.98. The lowest BCUT2D eigenvalue weighted by Gasteiger charge is -2.13. The second-order valence-electron chi connectivity index (χ2n) is 12.1. The first-order valence-corrected chi connectivity index (χ1v) is 16.2. The van der Waals surface area contributed by atoms with Crippen molar-refractivity contribution < 1.29 is 43.5 Å². The third-order valence-corrected chi connectivity index (χ3v) is 8.69. The zero-order valence-electron chi connectivity index (χ0n) is 26.8. The quantitative estimate of drug-likeness (QED) is 0.158. The normalized spacial score (nSPS) is 17.3. The van der Waals surface area contributed by atoms with Gasteiger partial charge in [0.1, 0.15) is 0 Å². The Hall–Kier alpha value is -3.27. The molecule has 0 bridgehead atoms. The van der Waals surface area contributed by atoms with Crippen LogP contribution in [-0.4, -0.2) is 61.2 Å². The van der Waals surface area contributed by atoms with E-state index in [0.717, 1.165) is 50.5 Å². The van der Waals surface area contributed by atoms with Crippen LogP contribution in [0.3, 0.4) is 0 Å². The number of aliphatic carboxylic acids is 1. The van der Waals surface area contributed by atoms with Gasteiger partial charge in [0.25, 0.3) is 0 Å². The number of aliphatic hydroxyl groups is 1. The summed E-state index contributed by atoms with van der Waals surface area (Å²) < 4.78 is 21.1. The van der Waals surface area contributed by atoms with Crippen molar-refractivity contribution in [1.82, 2.24) is 0 Å². The maximum absolute atomic E-state index is 11.7. The first-order valence-electron chi connectivity index (χ1n) is 16.2. The summed E-state index contributed by atoms with van der Waals surface area (Å²) in [5, 5.41) is 17.6. The van der Waals surface area contributed by atoms with Gasteiger partial charge in [-0.05, 0) is 82.8 Å². The molecule has 0 heterocycles. The highest BCUT2D eigenvalue weighted by Crippen LogP contribution is 2.50. The minimum Gasteiger partial charge on any atom is -0.481 e. The average Bonchev–Trinajstić information content (AvgIpc) is 3.92. The molecule has 2 N–H and O–H groups in total. The van der Waals surface area contributed by atoms with Crippen molar-refractivity contribution in [2.45, 2.75) is 84.8 Å². The Morgan fingerprint density at radius 1 is 0.622 bits per heavy atom. The Morgan fingerprint density at radius 2 is 1.00 bits per heavy atom. The lowest BCUT2D eigenvalue weighted by molar-refractivity contribution is -0.151. The number of ether oxygens (including phenoxy) is 4. The van der Waals surface area contributed by atoms with E-state index in [1.54, 1.807) is 6.92 Å². The third-order valence-electron chi connectivity index (χ3n) is 8.69. The van der Waals surface area contributed by atoms with Crippen molar-refractivity contribution in [2.75, 3.05) is 33.0 Å². The minimum atomic E-state index is -0.671. The Kier molecular flexibility index (Phi) is 14.5. The molecule has 0 aromatic heterocycles. The number of carbonyl (C=O) groups is 3. The summed E-state index contributed by atoms with van der Waals surface area (Å²) in [6.07, 6.45) is 7.23. The van der Waals surface area contributed by atoms with Gasteiger partial charge in [-0.25, -0.2) is 0 Å². The number of rotatable bonds is 17. The fourth-order valence-electron chi connectivity index (χ4n) is 4.98. The van der Waals surface area contributed by atoms with Gasteiger partial charge in [0, 0.05) is 19.8 Å². The lowest BCUT2D eigenvalue weighted by Crippen LogP contribution is -2.20. The number of esters is 2. The first-order chi connectivity index (χ1) is 21.7. The van der Waals surface area contributed by atoms with Crippen molar-refractivity contribution in [1.29, 1.82) is 0 Å². The first kappa shape index (κ1) is 36.2. The van der Waals surface area contributed by atoms with Crippen molar-refractivity contribution in [2.24, 2.45) is 16.2 Å². The smallest absolute Gasteiger partial charge is 0.312 e. The summed E-state index contributed by atoms with van der Waals surface area (Å²) in [5.41, 5.74) is 1.30. The Morgan fingerprint density at radius 3 is 1.33 bits per heavy atom. The molecule has 0 radical (unpaired) electrons. The van der Waals surface area contributed by atoms with E-state index < -0.39 is 11.4 Å². The van der Waals surface area contributed by atoms with Gasteiger partial charge in [0.05, 0.1) is 42.7 Å². The largest absolute Gasteiger partial charge is 0.481 e. The van der Waals surface area contributed by atoms with Gasteiger partial charge < -0.3 is 29.2 Å². The summed E-state index contributed by atoms with van der Waals surface area (Å²) in [7, 11) is 0. The van der Waals surface area contributed by atoms with E-state index in [1.165, 1.54) is 5.56 Å². The molecule has 0 unspecified atom stereocenters. The maximum atomic E-state index is 11.7. The molecule has 0 amide bonds. The Bertz CT molecular complexity index is 1170. The predicted octanol–water partition coefficient (Wildman–Crippen LogP) is 6.11. The highest BCUT2D eigenvalue weighted by Gasteiger charge is 2.51. The van der Waals surface area contributed by atoms with Gasteiger partial charge in [-0.2, -0.15) is 0 Å². The molecule has 3 fully saturated rings. The zero-order chi connectivity index (χ0) is 32.6. The van der Waals surface area contributed by atoms with E-state index in [4.69, 9.17) is 29.2 Å². The van der Waals surface area contributed by atoms with Gasteiger partial charge in [0.2, 0.25) is 0 Å². The number of benzene rings is 2. The second-order valence-corrected chi connectivity index (χ2v) is 12.1. The van der Waals surface area contributed by atoms with Crippen LogP contribution in [0.1, 0.15) is 82.8 Å². The molecule has 0 atom stereocenters. The monoisotopic (exact) mass is 626 g/mol. The predicted molar refractivity (Wildman–Crippen MR) is 169 cm³/mol. The molecule has 9 nitrogen and oxygen atoms in total. The van der Waals surface area contributed by atoms with E-state index in [2.05, 4.69) is 0 Å². The van der Waals surface area contributed by atoms with E-state index in [1.807, 2.05) is 67.6 Å². The van der Waals surface area contributed by atoms with Crippen LogP contribution in [-0.2, 0) is 46.5 Å². The molecule has 45 heavy (non-hydrogen) atoms. The van der Waals surface area contributed by atoms with E-state index in [-0.39, 0.29) is 29.4 Å². The van der Waals surface area contributed by atoms with Crippen LogP contribution < -0.4 is 0 Å². The molecule has 3 aliphatic carbocycles. The van der Waals surface area contributed by atoms with E-state index in [9.17, 15) is 14.4 Å². The maximum Gasteiger partial charge on any atom is 0.312 e. The summed E-state index contributed by atoms with van der Waals surface area (Å²) in [6.45, 7) is 6.95. The van der Waals surface area contributed by atoms with Gasteiger partial charge in [-0.1, -0.05) is 60.7 Å². The zero-order valence-corrected chi connectivity index (χ0v) is 26.8. The molecule has 9 heteroatoms. The molecule has 0 spiro atoms. The number of carboxylic acids is 1. The fraction of sp³-hybridized carbons (Fsp3) is 0.583. The lowest BCUT2D eigenvalue weighted by atomic mass is 10.0. The molecule has 2 aromatic carbocycles. The highest BCUT2D eigenvalue weighted by molar-refractivity contribution is 5.80. The SMILES string of the molecule is CCOC(=O)C1(CCO)CC1.CCOC(=O)C1(CCOCc2ccccc2)CC1.O=C(O)C1(CCOCc2ccccc2)CC1. The Labute approximate surface area is 267 Å². The number of hydrogen-bond donors (Lipinski definition) is 2. The van der Waals surface area contributed by atoms with Crippen LogP contribution in [0, 0.1) is 16.2 Å². The average molecular weight is 627 g/mol. The van der Waals surface area contributed by atoms with E-state index in [0.29, 0.717) is 52.5 Å². The summed E-state index contributed by atoms with van der Waals surface area (Å²) >= 11 is 0. The summed E-state index contributed by atoms with van der Waals surface area (Å²) in [4.78, 5) is 33.8. The van der Waals surface area contributed by atoms with E-state index >= 15 is 0 Å². The standard InChI is InChI=1S/C15H20O3.C13H16O3.C8H14O3/c1-2-18-14(16)15(8-9-15)10-11-17-12-13-6-4-3-5-7-13;14-12(15)13(6-7-13)8-9-16-10-11-4-2-1-3-5-11;1-2-11-7(10)8(3-4-8)5-6-9/h3-7H,2,8-12H2,1H3;1-5H,6-10H2,(H,14,15);9H,2-6H2,1H3. The third kappa shape index (κ3) is 11.9. The summed E-state index contributed by atoms with van der Waals surface area (Å²) in [6, 6.07) is 20.0. The van der Waals surface area contributed by atoms with Crippen molar-refractivity contribution in [3.8, 4) is 0 Å². The molecule has 0 saturated heterocycles. The molecule has 3 saturated carbocycles. The molecule has 2 aromatic rings. The van der Waals surface area contributed by atoms with Crippen molar-refractivity contribution in [3.63, 3.8) is 0 Å². The van der Waals surface area contributed by atoms with Crippen molar-refractivity contribution >= 4 is 17.9 Å². The highest BCUT2D eigenvalue weighted by atomic mass is 16.5. The number of carboxylic acid groups (broad SMARTS) is 1. The van der Waals surface area contributed by atoms with Crippen LogP contribution in [0.4, 0.5) is 0 Å². The van der Waals surface area contributed by atoms with Gasteiger partial charge in [-0.3, -0.25) is 14.4 Å². The van der Waals surface area contributed by atoms with Crippen LogP contribution in [0.2, 0.25) is 0 Å². The van der Waals surface area contributed by atoms with Crippen LogP contribution in [0.15, 0.2) is 60.7 Å². The molecule has 248 valence electrons. The summed E-state index contributed by atoms with van der Waals surface area (Å²) in [5.74, 6) is -0.849. The van der Waals surface area contributed by atoms with Crippen LogP contribution in [0.5, 0.6) is 0 Å². The van der Waals surface area contributed by atoms with Gasteiger partial charge in [-0.15, -0.1) is 0 Å². The molecule has 5 rings (SSSR count). The van der Waals surface area contributed by atoms with Crippen LogP contribution >= 0.6 is 0 Å². The van der Waals surface area contributed by atoms with Gasteiger partial charge >= 0.3 is 17.9 Å². The molecule has 3 aliphatic rings. The molecular formula is C36H50O9. The molecule has 0 aliphatic heterocycles. The molecular weight excluding hydrogens is 576 g/mol. The topological polar surface area (TPSA) is 129 Å². The second kappa shape index (κ2) is 18.0. The van der Waals surface area contributed by atoms with Crippen LogP contribution in [0.25, 0.3) is 0 Å².